The number of halogens is 1. The number of amides is 1. The molecule has 2 N–H and O–H groups in total. The summed E-state index contributed by atoms with van der Waals surface area (Å²) in [5.41, 5.74) is 1.64. The number of carbonyl (C=O) groups excluding carboxylic acids is 1. The Labute approximate surface area is 169 Å². The first-order chi connectivity index (χ1) is 13.3. The van der Waals surface area contributed by atoms with Crippen LogP contribution in [0.15, 0.2) is 83.8 Å². The van der Waals surface area contributed by atoms with Gasteiger partial charge in [-0.2, -0.15) is 0 Å². The molecule has 0 aliphatic heterocycles. The summed E-state index contributed by atoms with van der Waals surface area (Å²) in [4.78, 5) is 12.6. The molecule has 0 spiro atoms. The zero-order valence-electron chi connectivity index (χ0n) is 15.1. The van der Waals surface area contributed by atoms with Crippen LogP contribution in [0.1, 0.15) is 28.9 Å². The van der Waals surface area contributed by atoms with Gasteiger partial charge in [0.1, 0.15) is 0 Å². The second kappa shape index (κ2) is 8.46. The minimum absolute atomic E-state index is 0.0875. The van der Waals surface area contributed by atoms with E-state index in [2.05, 4.69) is 10.0 Å². The van der Waals surface area contributed by atoms with E-state index in [0.29, 0.717) is 16.3 Å². The molecule has 0 aliphatic carbocycles. The molecule has 0 radical (unpaired) electrons. The van der Waals surface area contributed by atoms with Crippen molar-refractivity contribution in [3.63, 3.8) is 0 Å². The van der Waals surface area contributed by atoms with E-state index in [4.69, 9.17) is 11.6 Å². The van der Waals surface area contributed by atoms with Crippen molar-refractivity contribution in [2.24, 2.45) is 0 Å². The van der Waals surface area contributed by atoms with Crippen LogP contribution in [-0.4, -0.2) is 14.3 Å². The Morgan fingerprint density at radius 1 is 0.929 bits per heavy atom. The molecule has 0 heterocycles. The molecule has 1 atom stereocenters. The summed E-state index contributed by atoms with van der Waals surface area (Å²) in [6, 6.07) is 21.6. The molecular weight excluding hydrogens is 396 g/mol. The molecule has 0 fully saturated rings. The highest BCUT2D eigenvalue weighted by Gasteiger charge is 2.16. The minimum Gasteiger partial charge on any atom is -0.346 e. The van der Waals surface area contributed by atoms with Crippen LogP contribution in [0, 0.1) is 0 Å². The number of sulfonamides is 1. The van der Waals surface area contributed by atoms with Crippen LogP contribution in [0.5, 0.6) is 0 Å². The van der Waals surface area contributed by atoms with Gasteiger partial charge in [-0.25, -0.2) is 8.42 Å². The Bertz CT molecular complexity index is 1070. The van der Waals surface area contributed by atoms with E-state index in [1.54, 1.807) is 18.2 Å². The molecule has 0 bridgehead atoms. The van der Waals surface area contributed by atoms with Crippen molar-refractivity contribution in [2.45, 2.75) is 17.9 Å². The molecule has 7 heteroatoms. The van der Waals surface area contributed by atoms with Crippen molar-refractivity contribution < 1.29 is 13.2 Å². The lowest BCUT2D eigenvalue weighted by Crippen LogP contribution is -2.26. The second-order valence-corrected chi connectivity index (χ2v) is 8.36. The third kappa shape index (κ3) is 4.91. The van der Waals surface area contributed by atoms with Crippen molar-refractivity contribution in [3.05, 3.63) is 95.0 Å². The second-order valence-electron chi connectivity index (χ2n) is 6.25. The standard InChI is InChI=1S/C21H19ClN2O3S/c1-15(16-6-3-2-4-7-16)23-21(25)17-8-5-9-19(14-17)24-28(26,27)20-12-10-18(22)11-13-20/h2-15,24H,1H3,(H,23,25)/t15-/m0/s1. The highest BCUT2D eigenvalue weighted by Crippen LogP contribution is 2.20. The Hall–Kier alpha value is -2.83. The molecule has 3 rings (SSSR count). The van der Waals surface area contributed by atoms with Gasteiger partial charge < -0.3 is 5.32 Å². The molecule has 3 aromatic carbocycles. The highest BCUT2D eigenvalue weighted by molar-refractivity contribution is 7.92. The first-order valence-corrected chi connectivity index (χ1v) is 10.5. The van der Waals surface area contributed by atoms with Crippen molar-refractivity contribution >= 4 is 33.2 Å². The Kier molecular flexibility index (Phi) is 6.02. The van der Waals surface area contributed by atoms with Crippen LogP contribution in [-0.2, 0) is 10.0 Å². The number of benzene rings is 3. The molecule has 0 saturated heterocycles. The van der Waals surface area contributed by atoms with E-state index in [9.17, 15) is 13.2 Å². The lowest BCUT2D eigenvalue weighted by atomic mass is 10.1. The van der Waals surface area contributed by atoms with Crippen molar-refractivity contribution in [3.8, 4) is 0 Å². The van der Waals surface area contributed by atoms with Crippen LogP contribution >= 0.6 is 11.6 Å². The average molecular weight is 415 g/mol. The molecular formula is C21H19ClN2O3S. The lowest BCUT2D eigenvalue weighted by Gasteiger charge is -2.15. The van der Waals surface area contributed by atoms with Crippen LogP contribution in [0.3, 0.4) is 0 Å². The van der Waals surface area contributed by atoms with E-state index in [0.717, 1.165) is 5.56 Å². The Balaban J connectivity index is 1.74. The molecule has 0 aliphatic rings. The van der Waals surface area contributed by atoms with Gasteiger partial charge in [0, 0.05) is 16.3 Å². The third-order valence-electron chi connectivity index (χ3n) is 4.15. The molecule has 28 heavy (non-hydrogen) atoms. The van der Waals surface area contributed by atoms with E-state index in [-0.39, 0.29) is 16.8 Å². The zero-order valence-corrected chi connectivity index (χ0v) is 16.7. The summed E-state index contributed by atoms with van der Waals surface area (Å²) >= 11 is 5.80. The highest BCUT2D eigenvalue weighted by atomic mass is 35.5. The first-order valence-electron chi connectivity index (χ1n) is 8.59. The molecule has 3 aromatic rings. The minimum atomic E-state index is -3.78. The maximum Gasteiger partial charge on any atom is 0.261 e. The largest absolute Gasteiger partial charge is 0.346 e. The molecule has 144 valence electrons. The van der Waals surface area contributed by atoms with E-state index >= 15 is 0 Å². The number of hydrogen-bond donors (Lipinski definition) is 2. The van der Waals surface area contributed by atoms with E-state index in [1.165, 1.54) is 30.3 Å². The maximum atomic E-state index is 12.6. The van der Waals surface area contributed by atoms with Gasteiger partial charge in [0.2, 0.25) is 0 Å². The topological polar surface area (TPSA) is 75.3 Å². The van der Waals surface area contributed by atoms with Crippen LogP contribution in [0.2, 0.25) is 5.02 Å². The summed E-state index contributed by atoms with van der Waals surface area (Å²) in [5, 5.41) is 3.36. The van der Waals surface area contributed by atoms with E-state index < -0.39 is 10.0 Å². The van der Waals surface area contributed by atoms with Crippen LogP contribution in [0.25, 0.3) is 0 Å². The van der Waals surface area contributed by atoms with Crippen molar-refractivity contribution in [1.82, 2.24) is 5.32 Å². The third-order valence-corrected chi connectivity index (χ3v) is 5.80. The van der Waals surface area contributed by atoms with E-state index in [1.807, 2.05) is 37.3 Å². The van der Waals surface area contributed by atoms with Gasteiger partial charge in [-0.1, -0.05) is 48.0 Å². The number of anilines is 1. The number of nitrogens with one attached hydrogen (secondary N) is 2. The molecule has 5 nitrogen and oxygen atoms in total. The fourth-order valence-corrected chi connectivity index (χ4v) is 3.83. The predicted molar refractivity (Wildman–Crippen MR) is 111 cm³/mol. The molecule has 0 aromatic heterocycles. The number of rotatable bonds is 6. The van der Waals surface area contributed by atoms with Crippen molar-refractivity contribution in [1.29, 1.82) is 0 Å². The zero-order chi connectivity index (χ0) is 20.1. The monoisotopic (exact) mass is 414 g/mol. The van der Waals surface area contributed by atoms with Gasteiger partial charge in [-0.15, -0.1) is 0 Å². The summed E-state index contributed by atoms with van der Waals surface area (Å²) < 4.78 is 27.5. The van der Waals surface area contributed by atoms with Crippen LogP contribution < -0.4 is 10.0 Å². The van der Waals surface area contributed by atoms with Gasteiger partial charge in [-0.05, 0) is 55.0 Å². The number of hydrogen-bond acceptors (Lipinski definition) is 3. The number of carbonyl (C=O) groups is 1. The first kappa shape index (κ1) is 19.9. The fraction of sp³-hybridized carbons (Fsp3) is 0.0952. The van der Waals surface area contributed by atoms with Crippen molar-refractivity contribution in [2.75, 3.05) is 4.72 Å². The van der Waals surface area contributed by atoms with Gasteiger partial charge in [-0.3, -0.25) is 9.52 Å². The van der Waals surface area contributed by atoms with Gasteiger partial charge >= 0.3 is 0 Å². The van der Waals surface area contributed by atoms with Crippen LogP contribution in [0.4, 0.5) is 5.69 Å². The lowest BCUT2D eigenvalue weighted by molar-refractivity contribution is 0.0940. The Morgan fingerprint density at radius 2 is 1.61 bits per heavy atom. The normalized spacial score (nSPS) is 12.2. The molecule has 1 amide bonds. The Morgan fingerprint density at radius 3 is 2.29 bits per heavy atom. The van der Waals surface area contributed by atoms with Gasteiger partial charge in [0.05, 0.1) is 10.9 Å². The molecule has 0 saturated carbocycles. The van der Waals surface area contributed by atoms with Gasteiger partial charge in [0.25, 0.3) is 15.9 Å². The quantitative estimate of drug-likeness (QED) is 0.617. The fourth-order valence-electron chi connectivity index (χ4n) is 2.66. The smallest absolute Gasteiger partial charge is 0.261 e. The predicted octanol–water partition coefficient (Wildman–Crippen LogP) is 4.63. The van der Waals surface area contributed by atoms with Gasteiger partial charge in [0.15, 0.2) is 0 Å². The SMILES string of the molecule is C[C@H](NC(=O)c1cccc(NS(=O)(=O)c2ccc(Cl)cc2)c1)c1ccccc1. The molecule has 0 unspecified atom stereocenters. The summed E-state index contributed by atoms with van der Waals surface area (Å²) in [6.07, 6.45) is 0. The summed E-state index contributed by atoms with van der Waals surface area (Å²) in [7, 11) is -3.78. The summed E-state index contributed by atoms with van der Waals surface area (Å²) in [5.74, 6) is -0.288. The summed E-state index contributed by atoms with van der Waals surface area (Å²) in [6.45, 7) is 1.89. The average Bonchev–Trinajstić information content (AvgIpc) is 2.69. The maximum absolute atomic E-state index is 12.6.